The summed E-state index contributed by atoms with van der Waals surface area (Å²) in [6.07, 6.45) is 3.49. The van der Waals surface area contributed by atoms with Crippen LogP contribution in [-0.2, 0) is 0 Å². The number of thiocarbonyl (C=S) groups is 1. The lowest BCUT2D eigenvalue weighted by Crippen LogP contribution is -2.49. The molecular weight excluding hydrogens is 447 g/mol. The van der Waals surface area contributed by atoms with Gasteiger partial charge in [0.05, 0.1) is 19.2 Å². The van der Waals surface area contributed by atoms with Crippen LogP contribution in [0.25, 0.3) is 0 Å². The summed E-state index contributed by atoms with van der Waals surface area (Å²) in [7, 11) is 2.89. The Hall–Kier alpha value is -2.03. The third-order valence-corrected chi connectivity index (χ3v) is 5.82. The molecule has 1 fully saturated rings. The number of aromatic nitrogens is 2. The predicted molar refractivity (Wildman–Crippen MR) is 123 cm³/mol. The Kier molecular flexibility index (Phi) is 7.44. The maximum atomic E-state index is 6.43. The second kappa shape index (κ2) is 9.85. The molecule has 1 aliphatic rings. The first-order valence-corrected chi connectivity index (χ1v) is 10.7. The Morgan fingerprint density at radius 3 is 2.33 bits per heavy atom. The van der Waals surface area contributed by atoms with Crippen LogP contribution in [0.3, 0.4) is 0 Å². The zero-order valence-electron chi connectivity index (χ0n) is 17.2. The minimum absolute atomic E-state index is 0.0535. The van der Waals surface area contributed by atoms with Crippen LogP contribution in [0.1, 0.15) is 33.1 Å². The number of nitrogens with one attached hydrogen (secondary N) is 1. The number of piperidine rings is 1. The monoisotopic (exact) mass is 470 g/mol. The van der Waals surface area contributed by atoms with Gasteiger partial charge in [-0.25, -0.2) is 0 Å². The van der Waals surface area contributed by atoms with E-state index in [2.05, 4.69) is 34.0 Å². The van der Waals surface area contributed by atoms with Crippen molar-refractivity contribution in [3.05, 3.63) is 28.4 Å². The van der Waals surface area contributed by atoms with Gasteiger partial charge >= 0.3 is 0 Å². The number of hydrogen-bond acceptors (Lipinski definition) is 6. The van der Waals surface area contributed by atoms with Crippen LogP contribution in [-0.4, -0.2) is 46.3 Å². The molecule has 0 bridgehead atoms. The van der Waals surface area contributed by atoms with Crippen molar-refractivity contribution in [3.8, 4) is 23.4 Å². The fourth-order valence-electron chi connectivity index (χ4n) is 3.48. The molecule has 30 heavy (non-hydrogen) atoms. The number of nitrogens with zero attached hydrogens (tertiary/aromatic N) is 3. The highest BCUT2D eigenvalue weighted by Crippen LogP contribution is 2.37. The first-order chi connectivity index (χ1) is 14.3. The quantitative estimate of drug-likeness (QED) is 0.569. The Bertz CT molecular complexity index is 921. The van der Waals surface area contributed by atoms with Gasteiger partial charge in [-0.3, -0.25) is 0 Å². The van der Waals surface area contributed by atoms with Crippen molar-refractivity contribution in [1.29, 1.82) is 0 Å². The van der Waals surface area contributed by atoms with E-state index >= 15 is 0 Å². The molecule has 1 aromatic heterocycles. The third kappa shape index (κ3) is 4.99. The van der Waals surface area contributed by atoms with Crippen LogP contribution < -0.4 is 19.5 Å². The highest BCUT2D eigenvalue weighted by molar-refractivity contribution is 7.80. The first kappa shape index (κ1) is 22.7. The van der Waals surface area contributed by atoms with E-state index in [1.807, 2.05) is 6.07 Å². The summed E-state index contributed by atoms with van der Waals surface area (Å²) in [6, 6.07) is 6.09. The number of likely N-dealkylation sites (tertiary alicyclic amines) is 1. The lowest BCUT2D eigenvalue weighted by Gasteiger charge is -2.40. The van der Waals surface area contributed by atoms with Crippen molar-refractivity contribution in [2.45, 2.75) is 45.2 Å². The molecule has 1 aliphatic heterocycles. The summed E-state index contributed by atoms with van der Waals surface area (Å²) in [4.78, 5) is 10.5. The number of ether oxygens (including phenoxy) is 3. The highest BCUT2D eigenvalue weighted by Gasteiger charge is 2.26. The van der Waals surface area contributed by atoms with E-state index < -0.39 is 0 Å². The van der Waals surface area contributed by atoms with Gasteiger partial charge in [0.2, 0.25) is 0 Å². The van der Waals surface area contributed by atoms with Gasteiger partial charge in [0.25, 0.3) is 17.6 Å². The Morgan fingerprint density at radius 2 is 1.73 bits per heavy atom. The molecule has 3 rings (SSSR count). The molecule has 2 aromatic rings. The van der Waals surface area contributed by atoms with Gasteiger partial charge < -0.3 is 24.4 Å². The summed E-state index contributed by atoms with van der Waals surface area (Å²) in [5.41, 5.74) is 0.771. The van der Waals surface area contributed by atoms with Crippen LogP contribution in [0.2, 0.25) is 10.2 Å². The molecule has 2 unspecified atom stereocenters. The van der Waals surface area contributed by atoms with E-state index in [1.54, 1.807) is 12.1 Å². The molecule has 0 spiro atoms. The first-order valence-electron chi connectivity index (χ1n) is 9.56. The number of methoxy groups -OCH3 is 2. The van der Waals surface area contributed by atoms with E-state index in [0.717, 1.165) is 18.5 Å². The van der Waals surface area contributed by atoms with Gasteiger partial charge in [-0.05, 0) is 63.5 Å². The van der Waals surface area contributed by atoms with Crippen molar-refractivity contribution in [2.24, 2.45) is 0 Å². The van der Waals surface area contributed by atoms with Crippen LogP contribution >= 0.6 is 35.4 Å². The molecular formula is C20H24Cl2N4O3S. The Balaban J connectivity index is 1.76. The predicted octanol–water partition coefficient (Wildman–Crippen LogP) is 5.55. The van der Waals surface area contributed by atoms with Crippen LogP contribution in [0.5, 0.6) is 23.4 Å². The zero-order valence-corrected chi connectivity index (χ0v) is 19.6. The lowest BCUT2D eigenvalue weighted by atomic mass is 9.98. The summed E-state index contributed by atoms with van der Waals surface area (Å²) in [5, 5.41) is 4.39. The van der Waals surface area contributed by atoms with Gasteiger partial charge in [0, 0.05) is 17.8 Å². The maximum Gasteiger partial charge on any atom is 0.285 e. The molecule has 10 heteroatoms. The topological polar surface area (TPSA) is 68.7 Å². The maximum absolute atomic E-state index is 6.43. The molecule has 1 saturated heterocycles. The third-order valence-electron chi connectivity index (χ3n) is 4.97. The average molecular weight is 471 g/mol. The minimum Gasteiger partial charge on any atom is -0.479 e. The van der Waals surface area contributed by atoms with Crippen molar-refractivity contribution >= 4 is 46.2 Å². The van der Waals surface area contributed by atoms with Crippen molar-refractivity contribution in [3.63, 3.8) is 0 Å². The molecule has 2 atom stereocenters. The zero-order chi connectivity index (χ0) is 21.8. The molecule has 1 N–H and O–H groups in total. The van der Waals surface area contributed by atoms with Gasteiger partial charge in [-0.1, -0.05) is 23.2 Å². The second-order valence-corrected chi connectivity index (χ2v) is 8.20. The Morgan fingerprint density at radius 1 is 1.07 bits per heavy atom. The molecule has 0 amide bonds. The smallest absolute Gasteiger partial charge is 0.285 e. The summed E-state index contributed by atoms with van der Waals surface area (Å²) in [5.74, 6) is 0.726. The Labute approximate surface area is 191 Å². The number of benzene rings is 1. The lowest BCUT2D eigenvalue weighted by molar-refractivity contribution is 0.194. The SMILES string of the molecule is COc1nc(OC)c(Oc2ccc(NC(=S)N3C(C)CCCC3C)cc2Cl)nc1Cl. The molecule has 2 heterocycles. The van der Waals surface area contributed by atoms with Gasteiger partial charge in [-0.2, -0.15) is 9.97 Å². The fourth-order valence-corrected chi connectivity index (χ4v) is 4.37. The van der Waals surface area contributed by atoms with Gasteiger partial charge in [0.1, 0.15) is 5.75 Å². The van der Waals surface area contributed by atoms with Gasteiger partial charge in [-0.15, -0.1) is 0 Å². The summed E-state index contributed by atoms with van der Waals surface area (Å²) < 4.78 is 16.0. The molecule has 0 aliphatic carbocycles. The minimum atomic E-state index is 0.0535. The van der Waals surface area contributed by atoms with Crippen LogP contribution in [0.4, 0.5) is 5.69 Å². The van der Waals surface area contributed by atoms with Crippen molar-refractivity contribution in [1.82, 2.24) is 14.9 Å². The van der Waals surface area contributed by atoms with E-state index in [-0.39, 0.29) is 22.8 Å². The number of rotatable bonds is 5. The van der Waals surface area contributed by atoms with E-state index in [9.17, 15) is 0 Å². The molecule has 1 aromatic carbocycles. The van der Waals surface area contributed by atoms with Gasteiger partial charge in [0.15, 0.2) is 10.3 Å². The molecule has 0 radical (unpaired) electrons. The normalized spacial score (nSPS) is 18.7. The standard InChI is InChI=1S/C20H24Cl2N4O3S/c1-11-6-5-7-12(2)26(11)20(30)23-13-8-9-15(14(21)10-13)29-19-18(28-4)25-17(27-3)16(22)24-19/h8-12H,5-7H2,1-4H3,(H,23,30). The number of halogens is 2. The van der Waals surface area contributed by atoms with Crippen molar-refractivity contribution < 1.29 is 14.2 Å². The second-order valence-electron chi connectivity index (χ2n) is 7.05. The summed E-state index contributed by atoms with van der Waals surface area (Å²) in [6.45, 7) is 4.39. The largest absolute Gasteiger partial charge is 0.479 e. The van der Waals surface area contributed by atoms with Crippen LogP contribution in [0, 0.1) is 0 Å². The van der Waals surface area contributed by atoms with E-state index in [4.69, 9.17) is 49.6 Å². The highest BCUT2D eigenvalue weighted by atomic mass is 35.5. The molecule has 0 saturated carbocycles. The molecule has 7 nitrogen and oxygen atoms in total. The summed E-state index contributed by atoms with van der Waals surface area (Å²) >= 11 is 18.1. The fraction of sp³-hybridized carbons (Fsp3) is 0.450. The van der Waals surface area contributed by atoms with E-state index in [1.165, 1.54) is 20.6 Å². The average Bonchev–Trinajstić information content (AvgIpc) is 2.70. The molecule has 162 valence electrons. The van der Waals surface area contributed by atoms with Crippen molar-refractivity contribution in [2.75, 3.05) is 19.5 Å². The van der Waals surface area contributed by atoms with E-state index in [0.29, 0.717) is 28.0 Å². The van der Waals surface area contributed by atoms with Crippen LogP contribution in [0.15, 0.2) is 18.2 Å². The number of anilines is 1. The number of hydrogen-bond donors (Lipinski definition) is 1.